The predicted molar refractivity (Wildman–Crippen MR) is 117 cm³/mol. The first-order valence-electron chi connectivity index (χ1n) is 10.1. The second-order valence-electron chi connectivity index (χ2n) is 6.98. The van der Waals surface area contributed by atoms with E-state index in [1.54, 1.807) is 12.3 Å². The fourth-order valence-electron chi connectivity index (χ4n) is 3.39. The van der Waals surface area contributed by atoms with Crippen LogP contribution in [0, 0.1) is 0 Å². The zero-order chi connectivity index (χ0) is 20.6. The minimum Gasteiger partial charge on any atom is -0.492 e. The van der Waals surface area contributed by atoms with Crippen molar-refractivity contribution in [1.29, 1.82) is 0 Å². The van der Waals surface area contributed by atoms with Gasteiger partial charge >= 0.3 is 0 Å². The maximum absolute atomic E-state index is 12.5. The van der Waals surface area contributed by atoms with Crippen molar-refractivity contribution in [1.82, 2.24) is 15.3 Å². The number of rotatable bonds is 7. The molecule has 0 radical (unpaired) electrons. The monoisotopic (exact) mass is 403 g/mol. The fourth-order valence-corrected chi connectivity index (χ4v) is 3.39. The van der Waals surface area contributed by atoms with E-state index in [4.69, 9.17) is 4.74 Å². The van der Waals surface area contributed by atoms with Gasteiger partial charge in [-0.25, -0.2) is 9.97 Å². The SMILES string of the molecule is O=C(NCCOc1ccccc1)c1ccnc(N2CCN(c3ccccn3)CC2)c1. The summed E-state index contributed by atoms with van der Waals surface area (Å²) in [4.78, 5) is 25.9. The number of hydrogen-bond donors (Lipinski definition) is 1. The molecule has 1 aliphatic heterocycles. The molecule has 1 saturated heterocycles. The number of piperazine rings is 1. The number of hydrogen-bond acceptors (Lipinski definition) is 6. The van der Waals surface area contributed by atoms with Crippen molar-refractivity contribution in [3.63, 3.8) is 0 Å². The predicted octanol–water partition coefficient (Wildman–Crippen LogP) is 2.61. The lowest BCUT2D eigenvalue weighted by atomic mass is 10.2. The number of ether oxygens (including phenoxy) is 1. The third-order valence-electron chi connectivity index (χ3n) is 4.98. The third kappa shape index (κ3) is 5.05. The third-order valence-corrected chi connectivity index (χ3v) is 4.98. The van der Waals surface area contributed by atoms with Crippen molar-refractivity contribution >= 4 is 17.5 Å². The molecule has 0 aliphatic carbocycles. The highest BCUT2D eigenvalue weighted by molar-refractivity contribution is 5.94. The highest BCUT2D eigenvalue weighted by Crippen LogP contribution is 2.18. The lowest BCUT2D eigenvalue weighted by molar-refractivity contribution is 0.0947. The molecule has 1 N–H and O–H groups in total. The highest BCUT2D eigenvalue weighted by Gasteiger charge is 2.19. The molecule has 30 heavy (non-hydrogen) atoms. The van der Waals surface area contributed by atoms with Crippen LogP contribution in [0.4, 0.5) is 11.6 Å². The van der Waals surface area contributed by atoms with E-state index in [2.05, 4.69) is 25.1 Å². The van der Waals surface area contributed by atoms with Crippen LogP contribution in [0.5, 0.6) is 5.75 Å². The van der Waals surface area contributed by atoms with Gasteiger partial charge in [0.1, 0.15) is 24.0 Å². The Bertz CT molecular complexity index is 944. The average Bonchev–Trinajstić information content (AvgIpc) is 2.83. The normalized spacial score (nSPS) is 13.7. The van der Waals surface area contributed by atoms with E-state index in [9.17, 15) is 4.79 Å². The Kier molecular flexibility index (Phi) is 6.39. The molecule has 0 bridgehead atoms. The second-order valence-corrected chi connectivity index (χ2v) is 6.98. The molecular formula is C23H25N5O2. The molecular weight excluding hydrogens is 378 g/mol. The molecule has 3 heterocycles. The number of anilines is 2. The lowest BCUT2D eigenvalue weighted by Crippen LogP contribution is -2.47. The summed E-state index contributed by atoms with van der Waals surface area (Å²) >= 11 is 0. The van der Waals surface area contributed by atoms with Crippen LogP contribution in [-0.4, -0.2) is 55.2 Å². The Morgan fingerprint density at radius 1 is 0.867 bits per heavy atom. The Morgan fingerprint density at radius 2 is 1.57 bits per heavy atom. The van der Waals surface area contributed by atoms with Crippen molar-refractivity contribution in [2.24, 2.45) is 0 Å². The first kappa shape index (κ1) is 19.7. The molecule has 3 aromatic rings. The summed E-state index contributed by atoms with van der Waals surface area (Å²) in [5.41, 5.74) is 0.604. The number of amides is 1. The second kappa shape index (κ2) is 9.73. The zero-order valence-corrected chi connectivity index (χ0v) is 16.8. The summed E-state index contributed by atoms with van der Waals surface area (Å²) in [7, 11) is 0. The van der Waals surface area contributed by atoms with Crippen molar-refractivity contribution in [2.45, 2.75) is 0 Å². The van der Waals surface area contributed by atoms with Gasteiger partial charge in [-0.3, -0.25) is 4.79 Å². The van der Waals surface area contributed by atoms with E-state index < -0.39 is 0 Å². The number of nitrogens with zero attached hydrogens (tertiary/aromatic N) is 4. The minimum absolute atomic E-state index is 0.123. The first-order chi connectivity index (χ1) is 14.8. The molecule has 1 aliphatic rings. The van der Waals surface area contributed by atoms with Gasteiger partial charge < -0.3 is 19.9 Å². The quantitative estimate of drug-likeness (QED) is 0.612. The Labute approximate surface area is 176 Å². The fraction of sp³-hybridized carbons (Fsp3) is 0.261. The number of carbonyl (C=O) groups is 1. The Hall–Kier alpha value is -3.61. The summed E-state index contributed by atoms with van der Waals surface area (Å²) in [5.74, 6) is 2.49. The number of nitrogens with one attached hydrogen (secondary N) is 1. The van der Waals surface area contributed by atoms with Crippen LogP contribution in [0.25, 0.3) is 0 Å². The maximum atomic E-state index is 12.5. The van der Waals surface area contributed by atoms with E-state index in [1.807, 2.05) is 60.8 Å². The number of pyridine rings is 2. The van der Waals surface area contributed by atoms with Gasteiger partial charge in [0.2, 0.25) is 0 Å². The van der Waals surface area contributed by atoms with E-state index in [-0.39, 0.29) is 5.91 Å². The zero-order valence-electron chi connectivity index (χ0n) is 16.8. The van der Waals surface area contributed by atoms with E-state index in [0.717, 1.165) is 43.6 Å². The van der Waals surface area contributed by atoms with Gasteiger partial charge in [0, 0.05) is 44.1 Å². The molecule has 1 aromatic carbocycles. The van der Waals surface area contributed by atoms with Crippen LogP contribution in [0.3, 0.4) is 0 Å². The number of carbonyl (C=O) groups excluding carboxylic acids is 1. The van der Waals surface area contributed by atoms with Gasteiger partial charge in [0.05, 0.1) is 6.54 Å². The highest BCUT2D eigenvalue weighted by atomic mass is 16.5. The summed E-state index contributed by atoms with van der Waals surface area (Å²) in [6.07, 6.45) is 3.51. The Balaban J connectivity index is 1.28. The number of aromatic nitrogens is 2. The van der Waals surface area contributed by atoms with Gasteiger partial charge in [-0.15, -0.1) is 0 Å². The van der Waals surface area contributed by atoms with Gasteiger partial charge in [0.25, 0.3) is 5.91 Å². The van der Waals surface area contributed by atoms with Crippen LogP contribution in [0.2, 0.25) is 0 Å². The van der Waals surface area contributed by atoms with E-state index in [0.29, 0.717) is 18.7 Å². The standard InChI is InChI=1S/C23H25N5O2/c29-23(26-12-17-30-20-6-2-1-3-7-20)19-9-11-25-22(18-19)28-15-13-27(14-16-28)21-8-4-5-10-24-21/h1-11,18H,12-17H2,(H,26,29). The molecule has 0 spiro atoms. The summed E-state index contributed by atoms with van der Waals surface area (Å²) in [6.45, 7) is 4.26. The van der Waals surface area contributed by atoms with Crippen LogP contribution in [0.1, 0.15) is 10.4 Å². The van der Waals surface area contributed by atoms with Crippen molar-refractivity contribution < 1.29 is 9.53 Å². The molecule has 7 heteroatoms. The van der Waals surface area contributed by atoms with Gasteiger partial charge in [-0.2, -0.15) is 0 Å². The number of benzene rings is 1. The molecule has 154 valence electrons. The van der Waals surface area contributed by atoms with E-state index >= 15 is 0 Å². The molecule has 0 atom stereocenters. The molecule has 2 aromatic heterocycles. The minimum atomic E-state index is -0.123. The van der Waals surface area contributed by atoms with Crippen molar-refractivity contribution in [2.75, 3.05) is 49.1 Å². The molecule has 0 saturated carbocycles. The topological polar surface area (TPSA) is 70.6 Å². The summed E-state index contributed by atoms with van der Waals surface area (Å²) < 4.78 is 5.61. The van der Waals surface area contributed by atoms with Crippen molar-refractivity contribution in [3.05, 3.63) is 78.6 Å². The van der Waals surface area contributed by atoms with Crippen LogP contribution in [0.15, 0.2) is 73.1 Å². The lowest BCUT2D eigenvalue weighted by Gasteiger charge is -2.36. The molecule has 1 amide bonds. The largest absolute Gasteiger partial charge is 0.492 e. The molecule has 7 nitrogen and oxygen atoms in total. The van der Waals surface area contributed by atoms with Crippen LogP contribution >= 0.6 is 0 Å². The van der Waals surface area contributed by atoms with Crippen molar-refractivity contribution in [3.8, 4) is 5.75 Å². The average molecular weight is 403 g/mol. The maximum Gasteiger partial charge on any atom is 0.251 e. The number of para-hydroxylation sites is 1. The van der Waals surface area contributed by atoms with Gasteiger partial charge in [-0.1, -0.05) is 24.3 Å². The van der Waals surface area contributed by atoms with Gasteiger partial charge in [0.15, 0.2) is 0 Å². The Morgan fingerprint density at radius 3 is 2.30 bits per heavy atom. The van der Waals surface area contributed by atoms with Crippen LogP contribution < -0.4 is 19.9 Å². The van der Waals surface area contributed by atoms with Crippen LogP contribution in [-0.2, 0) is 0 Å². The van der Waals surface area contributed by atoms with Gasteiger partial charge in [-0.05, 0) is 36.4 Å². The molecule has 4 rings (SSSR count). The smallest absolute Gasteiger partial charge is 0.251 e. The first-order valence-corrected chi connectivity index (χ1v) is 10.1. The summed E-state index contributed by atoms with van der Waals surface area (Å²) in [6, 6.07) is 19.1. The van der Waals surface area contributed by atoms with E-state index in [1.165, 1.54) is 0 Å². The molecule has 1 fully saturated rings. The molecule has 0 unspecified atom stereocenters. The summed E-state index contributed by atoms with van der Waals surface area (Å²) in [5, 5.41) is 2.90.